The average Bonchev–Trinajstić information content (AvgIpc) is 2.09. The summed E-state index contributed by atoms with van der Waals surface area (Å²) in [6.45, 7) is 0.359. The highest BCUT2D eigenvalue weighted by molar-refractivity contribution is 5.35. The van der Waals surface area contributed by atoms with Crippen LogP contribution in [0.15, 0.2) is 18.2 Å². The van der Waals surface area contributed by atoms with Crippen LogP contribution in [0.2, 0.25) is 0 Å². The third-order valence-corrected chi connectivity index (χ3v) is 1.94. The van der Waals surface area contributed by atoms with Gasteiger partial charge in [-0.3, -0.25) is 10.1 Å². The van der Waals surface area contributed by atoms with Crippen molar-refractivity contribution < 1.29 is 10.0 Å². The Morgan fingerprint density at radius 2 is 2.13 bits per heavy atom. The van der Waals surface area contributed by atoms with E-state index in [1.54, 1.807) is 12.1 Å². The molecule has 1 aromatic rings. The molecule has 0 fully saturated rings. The standard InChI is InChI=1S/C10H14N2O3/c1-11(2)7-9-5-8(6-12(14)15)3-4-10(9)13/h3-5,13H,6-7H2,1-2H3. The van der Waals surface area contributed by atoms with Crippen molar-refractivity contribution in [2.75, 3.05) is 14.1 Å². The molecule has 1 N–H and O–H groups in total. The summed E-state index contributed by atoms with van der Waals surface area (Å²) < 4.78 is 0. The summed E-state index contributed by atoms with van der Waals surface area (Å²) >= 11 is 0. The highest BCUT2D eigenvalue weighted by Gasteiger charge is 2.07. The zero-order valence-electron chi connectivity index (χ0n) is 8.80. The number of nitrogens with zero attached hydrogens (tertiary/aromatic N) is 2. The minimum Gasteiger partial charge on any atom is -0.508 e. The van der Waals surface area contributed by atoms with Gasteiger partial charge in [-0.15, -0.1) is 0 Å². The first-order valence-electron chi connectivity index (χ1n) is 4.56. The summed E-state index contributed by atoms with van der Waals surface area (Å²) in [5.74, 6) is 0.177. The lowest BCUT2D eigenvalue weighted by molar-refractivity contribution is -0.496. The van der Waals surface area contributed by atoms with Crippen LogP contribution in [0.3, 0.4) is 0 Å². The van der Waals surface area contributed by atoms with Gasteiger partial charge in [0, 0.05) is 22.6 Å². The molecule has 0 aromatic heterocycles. The van der Waals surface area contributed by atoms with Crippen LogP contribution in [0.1, 0.15) is 11.1 Å². The number of aromatic hydroxyl groups is 1. The Bertz CT molecular complexity index is 364. The number of hydrogen-bond donors (Lipinski definition) is 1. The third-order valence-electron chi connectivity index (χ3n) is 1.94. The fraction of sp³-hybridized carbons (Fsp3) is 0.400. The second-order valence-electron chi connectivity index (χ2n) is 3.69. The van der Waals surface area contributed by atoms with Crippen LogP contribution in [0.25, 0.3) is 0 Å². The summed E-state index contributed by atoms with van der Waals surface area (Å²) in [7, 11) is 3.75. The predicted octanol–water partition coefficient (Wildman–Crippen LogP) is 1.23. The van der Waals surface area contributed by atoms with Crippen LogP contribution in [0.4, 0.5) is 0 Å². The molecule has 15 heavy (non-hydrogen) atoms. The quantitative estimate of drug-likeness (QED) is 0.599. The number of rotatable bonds is 4. The Morgan fingerprint density at radius 3 is 2.67 bits per heavy atom. The molecular weight excluding hydrogens is 196 g/mol. The maximum Gasteiger partial charge on any atom is 0.228 e. The molecule has 82 valence electrons. The van der Waals surface area contributed by atoms with Gasteiger partial charge in [0.1, 0.15) is 5.75 Å². The van der Waals surface area contributed by atoms with E-state index in [0.717, 1.165) is 0 Å². The Labute approximate surface area is 88.1 Å². The van der Waals surface area contributed by atoms with Gasteiger partial charge in [0.15, 0.2) is 0 Å². The first-order chi connectivity index (χ1) is 6.99. The van der Waals surface area contributed by atoms with Crippen LogP contribution in [0.5, 0.6) is 5.75 Å². The number of phenolic OH excluding ortho intramolecular Hbond substituents is 1. The van der Waals surface area contributed by atoms with Crippen molar-refractivity contribution in [3.05, 3.63) is 39.4 Å². The van der Waals surface area contributed by atoms with E-state index in [9.17, 15) is 15.2 Å². The minimum atomic E-state index is -0.383. The van der Waals surface area contributed by atoms with E-state index in [0.29, 0.717) is 17.7 Å². The van der Waals surface area contributed by atoms with Crippen molar-refractivity contribution in [2.24, 2.45) is 0 Å². The summed E-state index contributed by atoms with van der Waals surface area (Å²) in [6.07, 6.45) is 0. The van der Waals surface area contributed by atoms with Gasteiger partial charge in [-0.2, -0.15) is 0 Å². The van der Waals surface area contributed by atoms with Gasteiger partial charge < -0.3 is 10.0 Å². The van der Waals surface area contributed by atoms with Crippen molar-refractivity contribution >= 4 is 0 Å². The van der Waals surface area contributed by atoms with Crippen molar-refractivity contribution in [2.45, 2.75) is 13.1 Å². The van der Waals surface area contributed by atoms with Crippen LogP contribution >= 0.6 is 0 Å². The molecule has 0 heterocycles. The molecule has 0 saturated carbocycles. The highest BCUT2D eigenvalue weighted by atomic mass is 16.6. The normalized spacial score (nSPS) is 10.6. The lowest BCUT2D eigenvalue weighted by atomic mass is 10.1. The molecule has 0 aliphatic heterocycles. The van der Waals surface area contributed by atoms with Crippen molar-refractivity contribution in [1.82, 2.24) is 4.90 Å². The molecular formula is C10H14N2O3. The van der Waals surface area contributed by atoms with Crippen molar-refractivity contribution in [3.63, 3.8) is 0 Å². The third kappa shape index (κ3) is 3.55. The van der Waals surface area contributed by atoms with Gasteiger partial charge in [-0.05, 0) is 32.3 Å². The molecule has 1 rings (SSSR count). The number of hydrogen-bond acceptors (Lipinski definition) is 4. The molecule has 5 nitrogen and oxygen atoms in total. The zero-order valence-corrected chi connectivity index (χ0v) is 8.80. The van der Waals surface area contributed by atoms with E-state index in [4.69, 9.17) is 0 Å². The SMILES string of the molecule is CN(C)Cc1cc(C[N+](=O)[O-])ccc1O. The van der Waals surface area contributed by atoms with E-state index in [-0.39, 0.29) is 17.2 Å². The van der Waals surface area contributed by atoms with Crippen molar-refractivity contribution in [1.29, 1.82) is 0 Å². The van der Waals surface area contributed by atoms with Gasteiger partial charge in [0.05, 0.1) is 0 Å². The van der Waals surface area contributed by atoms with Crippen LogP contribution in [-0.2, 0) is 13.1 Å². The number of nitro groups is 1. The molecule has 0 saturated heterocycles. The van der Waals surface area contributed by atoms with Crippen molar-refractivity contribution in [3.8, 4) is 5.75 Å². The smallest absolute Gasteiger partial charge is 0.228 e. The fourth-order valence-corrected chi connectivity index (χ4v) is 1.35. The summed E-state index contributed by atoms with van der Waals surface area (Å²) in [5.41, 5.74) is 1.31. The van der Waals surface area contributed by atoms with Gasteiger partial charge >= 0.3 is 0 Å². The Kier molecular flexibility index (Phi) is 3.62. The largest absolute Gasteiger partial charge is 0.508 e. The van der Waals surface area contributed by atoms with E-state index in [1.807, 2.05) is 19.0 Å². The number of phenols is 1. The molecule has 0 atom stereocenters. The lowest BCUT2D eigenvalue weighted by Gasteiger charge is -2.11. The minimum absolute atomic E-state index is 0.177. The first-order valence-corrected chi connectivity index (χ1v) is 4.56. The molecule has 1 aromatic carbocycles. The van der Waals surface area contributed by atoms with Gasteiger partial charge in [-0.25, -0.2) is 0 Å². The maximum atomic E-state index is 10.3. The summed E-state index contributed by atoms with van der Waals surface area (Å²) in [4.78, 5) is 11.8. The molecule has 0 radical (unpaired) electrons. The fourth-order valence-electron chi connectivity index (χ4n) is 1.35. The maximum absolute atomic E-state index is 10.3. The molecule has 0 unspecified atom stereocenters. The second kappa shape index (κ2) is 4.75. The molecule has 0 aliphatic rings. The van der Waals surface area contributed by atoms with E-state index in [1.165, 1.54) is 6.07 Å². The molecule has 0 aliphatic carbocycles. The van der Waals surface area contributed by atoms with Gasteiger partial charge in [0.2, 0.25) is 6.54 Å². The van der Waals surface area contributed by atoms with Crippen LogP contribution in [-0.4, -0.2) is 29.0 Å². The van der Waals surface area contributed by atoms with E-state index < -0.39 is 0 Å². The van der Waals surface area contributed by atoms with Crippen LogP contribution in [0, 0.1) is 10.1 Å². The summed E-state index contributed by atoms with van der Waals surface area (Å²) in [5, 5.41) is 19.8. The van der Waals surface area contributed by atoms with Gasteiger partial charge in [-0.1, -0.05) is 0 Å². The zero-order chi connectivity index (χ0) is 11.4. The Balaban J connectivity index is 2.89. The number of benzene rings is 1. The molecule has 0 amide bonds. The van der Waals surface area contributed by atoms with E-state index in [2.05, 4.69) is 0 Å². The molecule has 5 heteroatoms. The average molecular weight is 210 g/mol. The molecule has 0 spiro atoms. The Morgan fingerprint density at radius 1 is 1.47 bits per heavy atom. The topological polar surface area (TPSA) is 66.6 Å². The Hall–Kier alpha value is -1.62. The predicted molar refractivity (Wildman–Crippen MR) is 56.2 cm³/mol. The van der Waals surface area contributed by atoms with E-state index >= 15 is 0 Å². The lowest BCUT2D eigenvalue weighted by Crippen LogP contribution is -2.11. The first kappa shape index (κ1) is 11.5. The monoisotopic (exact) mass is 210 g/mol. The highest BCUT2D eigenvalue weighted by Crippen LogP contribution is 2.19. The second-order valence-corrected chi connectivity index (χ2v) is 3.69. The van der Waals surface area contributed by atoms with Crippen LogP contribution < -0.4 is 0 Å². The van der Waals surface area contributed by atoms with Gasteiger partial charge in [0.25, 0.3) is 0 Å². The summed E-state index contributed by atoms with van der Waals surface area (Å²) in [6, 6.07) is 4.73. The molecule has 0 bridgehead atoms.